The van der Waals surface area contributed by atoms with Crippen LogP contribution in [0, 0.1) is 17.2 Å². The van der Waals surface area contributed by atoms with E-state index in [4.69, 9.17) is 5.26 Å². The minimum atomic E-state index is 0.0583. The molecule has 96 valence electrons. The van der Waals surface area contributed by atoms with Crippen LogP contribution in [0.1, 0.15) is 46.0 Å². The molecule has 0 aromatic carbocycles. The Hall–Kier alpha value is -0.590. The Bertz CT molecular complexity index is 274. The lowest BCUT2D eigenvalue weighted by atomic mass is 10.2. The van der Waals surface area contributed by atoms with E-state index in [1.807, 2.05) is 0 Å². The minimum Gasteiger partial charge on any atom is -0.301 e. The first-order valence-corrected chi connectivity index (χ1v) is 7.08. The van der Waals surface area contributed by atoms with Gasteiger partial charge in [-0.1, -0.05) is 0 Å². The summed E-state index contributed by atoms with van der Waals surface area (Å²) in [6.07, 6.45) is 6.30. The highest BCUT2D eigenvalue weighted by atomic mass is 15.2. The number of nitrogens with one attached hydrogen (secondary N) is 1. The highest BCUT2D eigenvalue weighted by molar-refractivity contribution is 4.96. The van der Waals surface area contributed by atoms with Gasteiger partial charge in [0, 0.05) is 25.2 Å². The maximum Gasteiger partial charge on any atom is 0.0967 e. The molecule has 1 atom stereocenters. The fourth-order valence-corrected chi connectivity index (χ4v) is 2.21. The van der Waals surface area contributed by atoms with E-state index in [9.17, 15) is 0 Å². The molecule has 0 radical (unpaired) electrons. The van der Waals surface area contributed by atoms with Crippen LogP contribution in [0.5, 0.6) is 0 Å². The molecule has 0 amide bonds. The molecule has 0 spiro atoms. The molecule has 3 heteroatoms. The molecule has 0 bridgehead atoms. The van der Waals surface area contributed by atoms with Crippen LogP contribution in [0.25, 0.3) is 0 Å². The Labute approximate surface area is 105 Å². The summed E-state index contributed by atoms with van der Waals surface area (Å²) in [4.78, 5) is 2.54. The van der Waals surface area contributed by atoms with Crippen molar-refractivity contribution in [3.63, 3.8) is 0 Å². The van der Waals surface area contributed by atoms with Gasteiger partial charge in [-0.15, -0.1) is 0 Å². The monoisotopic (exact) mass is 235 g/mol. The highest BCUT2D eigenvalue weighted by Gasteiger charge is 2.27. The second kappa shape index (κ2) is 5.84. The van der Waals surface area contributed by atoms with Crippen LogP contribution in [0.4, 0.5) is 0 Å². The zero-order valence-electron chi connectivity index (χ0n) is 11.2. The van der Waals surface area contributed by atoms with Crippen molar-refractivity contribution in [3.05, 3.63) is 0 Å². The van der Waals surface area contributed by atoms with Gasteiger partial charge in [0.15, 0.2) is 0 Å². The van der Waals surface area contributed by atoms with Crippen LogP contribution in [0.2, 0.25) is 0 Å². The summed E-state index contributed by atoms with van der Waals surface area (Å²) in [7, 11) is 0. The molecule has 0 heterocycles. The molecule has 0 aliphatic heterocycles. The van der Waals surface area contributed by atoms with Crippen molar-refractivity contribution in [2.24, 2.45) is 5.92 Å². The van der Waals surface area contributed by atoms with E-state index >= 15 is 0 Å². The third kappa shape index (κ3) is 4.65. The van der Waals surface area contributed by atoms with Crippen molar-refractivity contribution in [2.75, 3.05) is 13.1 Å². The quantitative estimate of drug-likeness (QED) is 0.700. The van der Waals surface area contributed by atoms with Crippen molar-refractivity contribution in [1.82, 2.24) is 10.2 Å². The largest absolute Gasteiger partial charge is 0.301 e. The smallest absolute Gasteiger partial charge is 0.0967 e. The van der Waals surface area contributed by atoms with Crippen LogP contribution < -0.4 is 5.32 Å². The molecule has 17 heavy (non-hydrogen) atoms. The molecule has 2 rings (SSSR count). The molecule has 2 aliphatic rings. The Balaban J connectivity index is 1.70. The highest BCUT2D eigenvalue weighted by Crippen LogP contribution is 2.30. The van der Waals surface area contributed by atoms with Gasteiger partial charge in [-0.05, 0) is 51.9 Å². The molecular formula is C14H25N3. The van der Waals surface area contributed by atoms with Gasteiger partial charge < -0.3 is 4.90 Å². The van der Waals surface area contributed by atoms with Crippen LogP contribution in [-0.2, 0) is 0 Å². The number of rotatable bonds is 8. The summed E-state index contributed by atoms with van der Waals surface area (Å²) in [6, 6.07) is 3.70. The Kier molecular flexibility index (Phi) is 4.42. The first kappa shape index (κ1) is 12.9. The number of nitrogens with zero attached hydrogens (tertiary/aromatic N) is 2. The molecule has 2 fully saturated rings. The summed E-state index contributed by atoms with van der Waals surface area (Å²) >= 11 is 0. The van der Waals surface area contributed by atoms with Gasteiger partial charge in [0.2, 0.25) is 0 Å². The first-order chi connectivity index (χ1) is 8.19. The maximum atomic E-state index is 9.12. The molecular weight excluding hydrogens is 210 g/mol. The molecule has 0 aromatic heterocycles. The van der Waals surface area contributed by atoms with Crippen molar-refractivity contribution in [3.8, 4) is 6.07 Å². The third-order valence-corrected chi connectivity index (χ3v) is 3.79. The normalized spacial score (nSPS) is 21.8. The lowest BCUT2D eigenvalue weighted by molar-refractivity contribution is 0.205. The van der Waals surface area contributed by atoms with Crippen molar-refractivity contribution >= 4 is 0 Å². The summed E-state index contributed by atoms with van der Waals surface area (Å²) in [5, 5.41) is 12.5. The molecule has 0 aromatic rings. The van der Waals surface area contributed by atoms with Crippen molar-refractivity contribution in [1.29, 1.82) is 5.26 Å². The van der Waals surface area contributed by atoms with Crippen LogP contribution in [0.15, 0.2) is 0 Å². The summed E-state index contributed by atoms with van der Waals surface area (Å²) in [5.74, 6) is 0.939. The van der Waals surface area contributed by atoms with Crippen molar-refractivity contribution < 1.29 is 0 Å². The maximum absolute atomic E-state index is 9.12. The molecule has 1 unspecified atom stereocenters. The van der Waals surface area contributed by atoms with E-state index in [1.165, 1.54) is 32.2 Å². The van der Waals surface area contributed by atoms with Crippen LogP contribution in [-0.4, -0.2) is 36.1 Å². The first-order valence-electron chi connectivity index (χ1n) is 7.08. The zero-order chi connectivity index (χ0) is 12.3. The van der Waals surface area contributed by atoms with Gasteiger partial charge in [0.05, 0.1) is 12.1 Å². The topological polar surface area (TPSA) is 39.1 Å². The van der Waals surface area contributed by atoms with E-state index in [-0.39, 0.29) is 6.04 Å². The predicted octanol–water partition coefficient (Wildman–Crippen LogP) is 2.14. The molecule has 1 N–H and O–H groups in total. The number of nitriles is 1. The lowest BCUT2D eigenvalue weighted by Crippen LogP contribution is -2.38. The summed E-state index contributed by atoms with van der Waals surface area (Å²) in [5.41, 5.74) is 0. The van der Waals surface area contributed by atoms with Gasteiger partial charge in [0.1, 0.15) is 0 Å². The minimum absolute atomic E-state index is 0.0583. The second-order valence-electron chi connectivity index (χ2n) is 5.94. The van der Waals surface area contributed by atoms with E-state index in [2.05, 4.69) is 30.1 Å². The second-order valence-corrected chi connectivity index (χ2v) is 5.94. The van der Waals surface area contributed by atoms with Gasteiger partial charge >= 0.3 is 0 Å². The lowest BCUT2D eigenvalue weighted by Gasteiger charge is -2.27. The molecule has 2 aliphatic carbocycles. The Morgan fingerprint density at radius 1 is 1.29 bits per heavy atom. The zero-order valence-corrected chi connectivity index (χ0v) is 11.2. The van der Waals surface area contributed by atoms with E-state index < -0.39 is 0 Å². The van der Waals surface area contributed by atoms with Gasteiger partial charge in [0.25, 0.3) is 0 Å². The fourth-order valence-electron chi connectivity index (χ4n) is 2.21. The van der Waals surface area contributed by atoms with Gasteiger partial charge in [-0.25, -0.2) is 0 Å². The average molecular weight is 235 g/mol. The third-order valence-electron chi connectivity index (χ3n) is 3.79. The van der Waals surface area contributed by atoms with Gasteiger partial charge in [-0.2, -0.15) is 5.26 Å². The van der Waals surface area contributed by atoms with E-state index in [1.54, 1.807) is 0 Å². The van der Waals surface area contributed by atoms with E-state index in [0.29, 0.717) is 12.1 Å². The Morgan fingerprint density at radius 3 is 2.47 bits per heavy atom. The SMILES string of the molecule is CC(C)N(CCC(C#N)NC1CC1)CC1CC1. The summed E-state index contributed by atoms with van der Waals surface area (Å²) < 4.78 is 0. The van der Waals surface area contributed by atoms with Crippen molar-refractivity contribution in [2.45, 2.75) is 64.1 Å². The average Bonchev–Trinajstić information content (AvgIpc) is 3.15. The molecule has 0 saturated heterocycles. The van der Waals surface area contributed by atoms with Gasteiger partial charge in [-0.3, -0.25) is 5.32 Å². The predicted molar refractivity (Wildman–Crippen MR) is 69.6 cm³/mol. The van der Waals surface area contributed by atoms with Crippen LogP contribution in [0.3, 0.4) is 0 Å². The number of hydrogen-bond donors (Lipinski definition) is 1. The summed E-state index contributed by atoms with van der Waals surface area (Å²) in [6.45, 7) is 6.82. The standard InChI is InChI=1S/C14H25N3/c1-11(2)17(10-12-3-4-12)8-7-14(9-15)16-13-5-6-13/h11-14,16H,3-8,10H2,1-2H3. The Morgan fingerprint density at radius 2 is 2.00 bits per heavy atom. The van der Waals surface area contributed by atoms with E-state index in [0.717, 1.165) is 18.9 Å². The molecule has 2 saturated carbocycles. The number of hydrogen-bond acceptors (Lipinski definition) is 3. The fraction of sp³-hybridized carbons (Fsp3) is 0.929. The van der Waals surface area contributed by atoms with Crippen LogP contribution >= 0.6 is 0 Å². The molecule has 3 nitrogen and oxygen atoms in total.